The summed E-state index contributed by atoms with van der Waals surface area (Å²) in [5.41, 5.74) is 8.78. The van der Waals surface area contributed by atoms with Gasteiger partial charge in [0.2, 0.25) is 5.91 Å². The standard InChI is InChI=1S/C28H39FN4O3/c1-17(34)32-22(12-18-7-5-8-19(29)11-18)24(35)16-31-23-15-28(9-6-10-28)36-25-21(23)13-20(33-26(25)30)14-27(2,3)4/h5,7-8,11,13,22-24,31,35H,6,9-10,12,14-16H2,1-4H3,(H2,30,33)(H,32,34)/t22-,23-,24-/m0/s1. The molecule has 4 rings (SSSR count). The first-order valence-electron chi connectivity index (χ1n) is 12.8. The van der Waals surface area contributed by atoms with Crippen molar-refractivity contribution in [2.24, 2.45) is 5.41 Å². The minimum atomic E-state index is -0.881. The van der Waals surface area contributed by atoms with E-state index in [4.69, 9.17) is 10.5 Å². The van der Waals surface area contributed by atoms with Gasteiger partial charge in [-0.25, -0.2) is 9.37 Å². The minimum absolute atomic E-state index is 0.0556. The fourth-order valence-electron chi connectivity index (χ4n) is 5.30. The summed E-state index contributed by atoms with van der Waals surface area (Å²) < 4.78 is 20.1. The number of hydrogen-bond donors (Lipinski definition) is 4. The van der Waals surface area contributed by atoms with E-state index in [1.165, 1.54) is 19.1 Å². The quantitative estimate of drug-likeness (QED) is 0.440. The van der Waals surface area contributed by atoms with E-state index in [0.717, 1.165) is 43.4 Å². The molecular formula is C28H39FN4O3. The maximum Gasteiger partial charge on any atom is 0.217 e. The average molecular weight is 499 g/mol. The summed E-state index contributed by atoms with van der Waals surface area (Å²) in [7, 11) is 0. The molecule has 2 aromatic rings. The van der Waals surface area contributed by atoms with Crippen LogP contribution < -0.4 is 21.1 Å². The van der Waals surface area contributed by atoms with E-state index in [9.17, 15) is 14.3 Å². The van der Waals surface area contributed by atoms with Gasteiger partial charge in [-0.3, -0.25) is 4.79 Å². The number of pyridine rings is 1. The highest BCUT2D eigenvalue weighted by Gasteiger charge is 2.46. The van der Waals surface area contributed by atoms with Crippen LogP contribution in [0.15, 0.2) is 30.3 Å². The molecule has 36 heavy (non-hydrogen) atoms. The van der Waals surface area contributed by atoms with Crippen molar-refractivity contribution in [2.75, 3.05) is 12.3 Å². The number of aromatic nitrogens is 1. The third-order valence-corrected chi connectivity index (χ3v) is 7.10. The Labute approximate surface area is 213 Å². The van der Waals surface area contributed by atoms with Gasteiger partial charge in [0, 0.05) is 37.2 Å². The second-order valence-electron chi connectivity index (χ2n) is 11.7. The predicted octanol–water partition coefficient (Wildman–Crippen LogP) is 3.84. The molecule has 1 fully saturated rings. The van der Waals surface area contributed by atoms with E-state index in [-0.39, 0.29) is 35.3 Å². The monoisotopic (exact) mass is 498 g/mol. The zero-order valence-corrected chi connectivity index (χ0v) is 21.7. The molecule has 8 heteroatoms. The molecule has 5 N–H and O–H groups in total. The molecule has 0 unspecified atom stereocenters. The molecule has 196 valence electrons. The number of benzene rings is 1. The van der Waals surface area contributed by atoms with Crippen LogP contribution in [-0.2, 0) is 17.6 Å². The molecule has 0 radical (unpaired) electrons. The highest BCUT2D eigenvalue weighted by molar-refractivity contribution is 5.73. The Morgan fingerprint density at radius 1 is 1.33 bits per heavy atom. The number of carbonyl (C=O) groups is 1. The molecule has 0 bridgehead atoms. The first-order valence-corrected chi connectivity index (χ1v) is 12.8. The van der Waals surface area contributed by atoms with Gasteiger partial charge in [0.25, 0.3) is 0 Å². The first-order chi connectivity index (χ1) is 16.9. The Bertz CT molecular complexity index is 1100. The van der Waals surface area contributed by atoms with Crippen molar-refractivity contribution in [3.8, 4) is 5.75 Å². The van der Waals surface area contributed by atoms with Crippen LogP contribution in [0, 0.1) is 11.2 Å². The van der Waals surface area contributed by atoms with Crippen LogP contribution in [0.5, 0.6) is 5.75 Å². The zero-order valence-electron chi connectivity index (χ0n) is 21.7. The van der Waals surface area contributed by atoms with Crippen molar-refractivity contribution in [3.05, 3.63) is 53.0 Å². The van der Waals surface area contributed by atoms with E-state index in [1.54, 1.807) is 12.1 Å². The van der Waals surface area contributed by atoms with E-state index in [0.29, 0.717) is 23.6 Å². The van der Waals surface area contributed by atoms with Gasteiger partial charge in [0.15, 0.2) is 11.6 Å². The lowest BCUT2D eigenvalue weighted by Crippen LogP contribution is -2.52. The van der Waals surface area contributed by atoms with Crippen molar-refractivity contribution in [1.29, 1.82) is 0 Å². The number of hydrogen-bond acceptors (Lipinski definition) is 6. The lowest BCUT2D eigenvalue weighted by atomic mass is 9.72. The van der Waals surface area contributed by atoms with E-state index < -0.39 is 12.1 Å². The highest BCUT2D eigenvalue weighted by Crippen LogP contribution is 2.50. The lowest BCUT2D eigenvalue weighted by molar-refractivity contribution is -0.120. The fraction of sp³-hybridized carbons (Fsp3) is 0.571. The minimum Gasteiger partial charge on any atom is -0.483 e. The highest BCUT2D eigenvalue weighted by atomic mass is 19.1. The number of carbonyl (C=O) groups excluding carboxylic acids is 1. The number of fused-ring (bicyclic) bond motifs is 1. The van der Waals surface area contributed by atoms with Crippen LogP contribution in [0.3, 0.4) is 0 Å². The van der Waals surface area contributed by atoms with Crippen LogP contribution >= 0.6 is 0 Å². The number of nitrogens with two attached hydrogens (primary N) is 1. The third kappa shape index (κ3) is 6.34. The van der Waals surface area contributed by atoms with Gasteiger partial charge in [-0.1, -0.05) is 32.9 Å². The maximum absolute atomic E-state index is 13.7. The second-order valence-corrected chi connectivity index (χ2v) is 11.7. The van der Waals surface area contributed by atoms with Crippen LogP contribution in [-0.4, -0.2) is 40.3 Å². The zero-order chi connectivity index (χ0) is 26.1. The third-order valence-electron chi connectivity index (χ3n) is 7.10. The number of halogens is 1. The summed E-state index contributed by atoms with van der Waals surface area (Å²) >= 11 is 0. The molecule has 1 aromatic heterocycles. The number of anilines is 1. The van der Waals surface area contributed by atoms with Crippen molar-refractivity contribution in [1.82, 2.24) is 15.6 Å². The molecule has 7 nitrogen and oxygen atoms in total. The van der Waals surface area contributed by atoms with E-state index >= 15 is 0 Å². The smallest absolute Gasteiger partial charge is 0.217 e. The van der Waals surface area contributed by atoms with Gasteiger partial charge in [-0.2, -0.15) is 0 Å². The SMILES string of the molecule is CC(=O)N[C@@H](Cc1cccc(F)c1)[C@@H](O)CN[C@H]1CC2(CCC2)Oc2c1cc(CC(C)(C)C)nc2N. The van der Waals surface area contributed by atoms with E-state index in [1.807, 2.05) is 0 Å². The van der Waals surface area contributed by atoms with Gasteiger partial charge in [-0.15, -0.1) is 0 Å². The number of aliphatic hydroxyl groups is 1. The van der Waals surface area contributed by atoms with Gasteiger partial charge in [0.1, 0.15) is 11.4 Å². The average Bonchev–Trinajstić information content (AvgIpc) is 2.74. The fourth-order valence-corrected chi connectivity index (χ4v) is 5.30. The Morgan fingerprint density at radius 3 is 2.69 bits per heavy atom. The Morgan fingerprint density at radius 2 is 2.08 bits per heavy atom. The number of nitrogens with zero attached hydrogens (tertiary/aromatic N) is 1. The molecule has 1 aliphatic heterocycles. The summed E-state index contributed by atoms with van der Waals surface area (Å²) in [6.07, 6.45) is 4.03. The van der Waals surface area contributed by atoms with Crippen molar-refractivity contribution in [2.45, 2.75) is 90.0 Å². The molecule has 3 atom stereocenters. The molecule has 1 saturated carbocycles. The Hall–Kier alpha value is -2.71. The van der Waals surface area contributed by atoms with Crippen LogP contribution in [0.1, 0.15) is 76.2 Å². The van der Waals surface area contributed by atoms with Crippen molar-refractivity contribution < 1.29 is 19.0 Å². The van der Waals surface area contributed by atoms with E-state index in [2.05, 4.69) is 42.5 Å². The summed E-state index contributed by atoms with van der Waals surface area (Å²) in [4.78, 5) is 16.5. The summed E-state index contributed by atoms with van der Waals surface area (Å²) in [5, 5.41) is 17.5. The first kappa shape index (κ1) is 26.4. The molecule has 1 spiro atoms. The molecular weight excluding hydrogens is 459 g/mol. The van der Waals surface area contributed by atoms with Gasteiger partial charge >= 0.3 is 0 Å². The molecule has 0 saturated heterocycles. The summed E-state index contributed by atoms with van der Waals surface area (Å²) in [6.45, 7) is 8.16. The van der Waals surface area contributed by atoms with Gasteiger partial charge in [-0.05, 0) is 61.3 Å². The van der Waals surface area contributed by atoms with Crippen LogP contribution in [0.25, 0.3) is 0 Å². The molecule has 1 aromatic carbocycles. The Kier molecular flexibility index (Phi) is 7.57. The normalized spacial score (nSPS) is 20.1. The maximum atomic E-state index is 13.7. The predicted molar refractivity (Wildman–Crippen MR) is 138 cm³/mol. The second kappa shape index (κ2) is 10.3. The van der Waals surface area contributed by atoms with Crippen LogP contribution in [0.4, 0.5) is 10.2 Å². The molecule has 2 heterocycles. The van der Waals surface area contributed by atoms with Gasteiger partial charge < -0.3 is 26.2 Å². The van der Waals surface area contributed by atoms with Gasteiger partial charge in [0.05, 0.1) is 12.1 Å². The largest absolute Gasteiger partial charge is 0.483 e. The number of rotatable bonds is 8. The topological polar surface area (TPSA) is 110 Å². The number of aliphatic hydroxyl groups excluding tert-OH is 1. The molecule has 1 amide bonds. The molecule has 1 aliphatic carbocycles. The van der Waals surface area contributed by atoms with Crippen molar-refractivity contribution >= 4 is 11.7 Å². The number of ether oxygens (including phenoxy) is 1. The Balaban J connectivity index is 1.54. The van der Waals surface area contributed by atoms with Crippen LogP contribution in [0.2, 0.25) is 0 Å². The number of nitrogen functional groups attached to an aromatic ring is 1. The number of amides is 1. The molecule has 2 aliphatic rings. The van der Waals surface area contributed by atoms with Crippen molar-refractivity contribution in [3.63, 3.8) is 0 Å². The summed E-state index contributed by atoms with van der Waals surface area (Å²) in [5.74, 6) is 0.464. The lowest BCUT2D eigenvalue weighted by Gasteiger charge is -2.48. The number of nitrogens with one attached hydrogen (secondary N) is 2. The summed E-state index contributed by atoms with van der Waals surface area (Å²) in [6, 6.07) is 7.67.